The van der Waals surface area contributed by atoms with Gasteiger partial charge in [-0.1, -0.05) is 60.3 Å². The molecule has 8 atom stereocenters. The van der Waals surface area contributed by atoms with E-state index in [4.69, 9.17) is 19.5 Å². The van der Waals surface area contributed by atoms with Crippen LogP contribution in [0.15, 0.2) is 12.7 Å². The quantitative estimate of drug-likeness (QED) is 0.0483. The number of phosphoric acid groups is 3. The molecule has 2 aromatic rings. The van der Waals surface area contributed by atoms with E-state index >= 15 is 0 Å². The molecule has 10 N–H and O–H groups in total. The summed E-state index contributed by atoms with van der Waals surface area (Å²) >= 11 is 1.83. The molecule has 3 rings (SSSR count). The van der Waals surface area contributed by atoms with Gasteiger partial charge in [0, 0.05) is 35.4 Å². The highest BCUT2D eigenvalue weighted by Gasteiger charge is 2.50. The Morgan fingerprint density at radius 1 is 1.00 bits per heavy atom. The van der Waals surface area contributed by atoms with Gasteiger partial charge in [0.05, 0.1) is 19.5 Å². The highest BCUT2D eigenvalue weighted by molar-refractivity contribution is 8.00. The van der Waals surface area contributed by atoms with Crippen LogP contribution in [0.1, 0.15) is 85.8 Å². The molecule has 2 aromatic heterocycles. The zero-order valence-corrected chi connectivity index (χ0v) is 36.4. The maximum Gasteiger partial charge on any atom is 0.481 e. The molecule has 0 aromatic carbocycles. The van der Waals surface area contributed by atoms with Crippen LogP contribution in [0.3, 0.4) is 0 Å². The standard InChI is InChI=1S/C31H56N7O16P3S/c1-6-8-9-12-31(5,11-7-2)58-15-14-33-21(39)10-13-34-28(42)25(41)30(3,4)17-51-57(48,49)54-56(46,47)50-16-20-24(53-55(43,44)45)23(40)29(52-20)38-19-37-22-26(32)35-18-36-27(22)38/h18-20,23-25,29,40-41H,6-17H2,1-5H3,(H,33,39)(H,34,42)(H,46,47)(H,48,49)(H2,32,35,36)(H2,43,44,45)/t20-,23-,24-,25?,29-,31?/m1/s1. The van der Waals surface area contributed by atoms with Crippen molar-refractivity contribution in [1.82, 2.24) is 30.2 Å². The number of nitrogens with two attached hydrogens (primary N) is 1. The highest BCUT2D eigenvalue weighted by atomic mass is 32.2. The second-order valence-corrected chi connectivity index (χ2v) is 20.5. The number of nitrogens with zero attached hydrogens (tertiary/aromatic N) is 4. The van der Waals surface area contributed by atoms with Gasteiger partial charge in [-0.05, 0) is 12.8 Å². The Bertz CT molecular complexity index is 1820. The van der Waals surface area contributed by atoms with Crippen LogP contribution in [-0.2, 0) is 45.9 Å². The van der Waals surface area contributed by atoms with Crippen LogP contribution in [0.5, 0.6) is 0 Å². The largest absolute Gasteiger partial charge is 0.481 e. The number of rotatable bonds is 26. The number of carbonyl (C=O) groups is 2. The monoisotopic (exact) mass is 907 g/mol. The number of aliphatic hydroxyl groups excluding tert-OH is 2. The third kappa shape index (κ3) is 15.4. The number of hydrogen-bond donors (Lipinski definition) is 9. The third-order valence-electron chi connectivity index (χ3n) is 9.04. The van der Waals surface area contributed by atoms with Crippen LogP contribution >= 0.6 is 35.2 Å². The van der Waals surface area contributed by atoms with Gasteiger partial charge in [0.1, 0.15) is 36.3 Å². The first-order valence-corrected chi connectivity index (χ1v) is 24.0. The minimum Gasteiger partial charge on any atom is -0.386 e. The second kappa shape index (κ2) is 21.6. The summed E-state index contributed by atoms with van der Waals surface area (Å²) in [5.74, 6) is -0.527. The lowest BCUT2D eigenvalue weighted by atomic mass is 9.87. The number of nitrogen functional groups attached to an aromatic ring is 1. The molecule has 2 amide bonds. The van der Waals surface area contributed by atoms with Crippen LogP contribution in [-0.4, -0.2) is 122 Å². The van der Waals surface area contributed by atoms with E-state index in [1.807, 2.05) is 11.8 Å². The van der Waals surface area contributed by atoms with E-state index in [1.165, 1.54) is 20.3 Å². The van der Waals surface area contributed by atoms with Crippen molar-refractivity contribution in [1.29, 1.82) is 0 Å². The lowest BCUT2D eigenvalue weighted by molar-refractivity contribution is -0.137. The Hall–Kier alpha value is -2.11. The average Bonchev–Trinajstić information content (AvgIpc) is 3.68. The maximum absolute atomic E-state index is 12.7. The van der Waals surface area contributed by atoms with Gasteiger partial charge < -0.3 is 50.9 Å². The van der Waals surface area contributed by atoms with Crippen molar-refractivity contribution in [2.24, 2.45) is 5.41 Å². The van der Waals surface area contributed by atoms with E-state index in [2.05, 4.69) is 55.2 Å². The summed E-state index contributed by atoms with van der Waals surface area (Å²) in [6, 6.07) is 0. The first-order valence-electron chi connectivity index (χ1n) is 18.5. The molecule has 0 bridgehead atoms. The molecule has 23 nitrogen and oxygen atoms in total. The summed E-state index contributed by atoms with van der Waals surface area (Å²) in [4.78, 5) is 76.1. The Kier molecular flexibility index (Phi) is 18.7. The van der Waals surface area contributed by atoms with Crippen molar-refractivity contribution >= 4 is 64.0 Å². The first kappa shape index (κ1) is 50.2. The zero-order chi connectivity index (χ0) is 43.5. The molecule has 0 aliphatic carbocycles. The Morgan fingerprint density at radius 3 is 2.34 bits per heavy atom. The smallest absolute Gasteiger partial charge is 0.386 e. The van der Waals surface area contributed by atoms with E-state index in [0.29, 0.717) is 6.54 Å². The van der Waals surface area contributed by atoms with Crippen molar-refractivity contribution in [3.63, 3.8) is 0 Å². The third-order valence-corrected chi connectivity index (χ3v) is 13.7. The number of thioether (sulfide) groups is 1. The number of anilines is 1. The van der Waals surface area contributed by atoms with Gasteiger partial charge in [0.2, 0.25) is 11.8 Å². The number of carbonyl (C=O) groups excluding carboxylic acids is 2. The number of fused-ring (bicyclic) bond motifs is 1. The predicted octanol–water partition coefficient (Wildman–Crippen LogP) is 2.28. The van der Waals surface area contributed by atoms with Crippen molar-refractivity contribution in [3.05, 3.63) is 12.7 Å². The minimum absolute atomic E-state index is 0.0334. The summed E-state index contributed by atoms with van der Waals surface area (Å²) in [6.45, 7) is 7.50. The summed E-state index contributed by atoms with van der Waals surface area (Å²) in [6.07, 6.45) is 0.0350. The number of imidazole rings is 1. The van der Waals surface area contributed by atoms with Crippen LogP contribution in [0, 0.1) is 5.41 Å². The molecule has 1 aliphatic heterocycles. The molecule has 1 saturated heterocycles. The number of ether oxygens (including phenoxy) is 1. The van der Waals surface area contributed by atoms with Crippen LogP contribution in [0.2, 0.25) is 0 Å². The predicted molar refractivity (Wildman–Crippen MR) is 210 cm³/mol. The first-order chi connectivity index (χ1) is 26.9. The molecule has 58 heavy (non-hydrogen) atoms. The molecule has 0 saturated carbocycles. The van der Waals surface area contributed by atoms with Crippen molar-refractivity contribution < 1.29 is 75.7 Å². The van der Waals surface area contributed by atoms with Gasteiger partial charge >= 0.3 is 23.5 Å². The lowest BCUT2D eigenvalue weighted by Gasteiger charge is -2.30. The van der Waals surface area contributed by atoms with Crippen LogP contribution in [0.25, 0.3) is 11.2 Å². The van der Waals surface area contributed by atoms with E-state index in [-0.39, 0.29) is 40.6 Å². The fourth-order valence-electron chi connectivity index (χ4n) is 5.97. The van der Waals surface area contributed by atoms with Crippen LogP contribution in [0.4, 0.5) is 5.82 Å². The van der Waals surface area contributed by atoms with E-state index in [1.54, 1.807) is 0 Å². The molecular formula is C31H56N7O16P3S. The number of phosphoric ester groups is 3. The number of unbranched alkanes of at least 4 members (excludes halogenated alkanes) is 2. The van der Waals surface area contributed by atoms with Crippen LogP contribution < -0.4 is 16.4 Å². The fourth-order valence-corrected chi connectivity index (χ4v) is 10.1. The molecule has 1 aliphatic rings. The molecule has 27 heteroatoms. The zero-order valence-electron chi connectivity index (χ0n) is 32.9. The minimum atomic E-state index is -5.55. The van der Waals surface area contributed by atoms with Gasteiger partial charge in [-0.2, -0.15) is 16.1 Å². The van der Waals surface area contributed by atoms with Crippen molar-refractivity contribution in [2.45, 2.75) is 115 Å². The maximum atomic E-state index is 12.7. The molecular weight excluding hydrogens is 851 g/mol. The average molecular weight is 908 g/mol. The number of aliphatic hydroxyl groups is 2. The molecule has 0 spiro atoms. The Balaban J connectivity index is 1.48. The van der Waals surface area contributed by atoms with Gasteiger partial charge in [-0.25, -0.2) is 28.6 Å². The summed E-state index contributed by atoms with van der Waals surface area (Å²) in [5, 5.41) is 26.8. The van der Waals surface area contributed by atoms with Gasteiger partial charge in [0.25, 0.3) is 0 Å². The van der Waals surface area contributed by atoms with Gasteiger partial charge in [0.15, 0.2) is 17.7 Å². The number of amides is 2. The van der Waals surface area contributed by atoms with Gasteiger partial charge in [-0.15, -0.1) is 0 Å². The second-order valence-electron chi connectivity index (χ2n) is 14.6. The SMILES string of the molecule is CCCCCC(C)(CCC)SCCNC(=O)CCNC(=O)C(O)C(C)(C)COP(=O)(O)OP(=O)(O)OC[C@H]1O[C@@H](n2cnc3c(N)ncnc32)[C@H](O)[C@@H]1OP(=O)(O)O. The van der Waals surface area contributed by atoms with Crippen molar-refractivity contribution in [2.75, 3.05) is 37.8 Å². The van der Waals surface area contributed by atoms with E-state index in [0.717, 1.165) is 55.1 Å². The van der Waals surface area contributed by atoms with E-state index < -0.39 is 78.6 Å². The summed E-state index contributed by atoms with van der Waals surface area (Å²) in [5.41, 5.74) is 4.33. The molecule has 332 valence electrons. The highest BCUT2D eigenvalue weighted by Crippen LogP contribution is 2.61. The summed E-state index contributed by atoms with van der Waals surface area (Å²) in [7, 11) is -16.3. The number of hydrogen-bond acceptors (Lipinski definition) is 17. The Morgan fingerprint density at radius 2 is 1.69 bits per heavy atom. The topological polar surface area (TPSA) is 347 Å². The molecule has 4 unspecified atom stereocenters. The Labute approximate surface area is 340 Å². The molecule has 0 radical (unpaired) electrons. The van der Waals surface area contributed by atoms with Gasteiger partial charge in [-0.3, -0.25) is 27.7 Å². The number of nitrogens with one attached hydrogen (secondary N) is 2. The normalized spacial score (nSPS) is 22.5. The summed E-state index contributed by atoms with van der Waals surface area (Å²) < 4.78 is 62.5. The lowest BCUT2D eigenvalue weighted by Crippen LogP contribution is -2.46. The molecule has 1 fully saturated rings. The fraction of sp³-hybridized carbons (Fsp3) is 0.774. The van der Waals surface area contributed by atoms with Crippen molar-refractivity contribution in [3.8, 4) is 0 Å². The molecule has 3 heterocycles. The van der Waals surface area contributed by atoms with E-state index in [9.17, 15) is 53.1 Å². The number of aromatic nitrogens is 4.